The van der Waals surface area contributed by atoms with Crippen molar-refractivity contribution >= 4 is 17.6 Å². The van der Waals surface area contributed by atoms with Gasteiger partial charge in [0, 0.05) is 11.7 Å². The average Bonchev–Trinajstić information content (AvgIpc) is 2.56. The van der Waals surface area contributed by atoms with E-state index in [-0.39, 0.29) is 18.4 Å². The van der Waals surface area contributed by atoms with Crippen molar-refractivity contribution in [1.29, 1.82) is 0 Å². The molecule has 2 atom stereocenters. The minimum absolute atomic E-state index is 0.0122. The summed E-state index contributed by atoms with van der Waals surface area (Å²) in [6.07, 6.45) is 4.71. The van der Waals surface area contributed by atoms with Gasteiger partial charge < -0.3 is 15.4 Å². The van der Waals surface area contributed by atoms with Crippen LogP contribution in [0.15, 0.2) is 24.3 Å². The summed E-state index contributed by atoms with van der Waals surface area (Å²) in [7, 11) is 0. The standard InChI is InChI=1S/C18H26N2O3/c1-3-23-18(22)14-8-10-15(11-9-14)19-12-17(21)20-16-7-5-4-6-13(16)2/h8-11,13,16,19H,3-7,12H2,1-2H3,(H,20,21). The van der Waals surface area contributed by atoms with Crippen LogP contribution in [0.25, 0.3) is 0 Å². The van der Waals surface area contributed by atoms with Crippen molar-refractivity contribution in [3.8, 4) is 0 Å². The van der Waals surface area contributed by atoms with E-state index in [4.69, 9.17) is 4.74 Å². The molecule has 1 saturated carbocycles. The van der Waals surface area contributed by atoms with Crippen molar-refractivity contribution in [2.24, 2.45) is 5.92 Å². The molecule has 2 N–H and O–H groups in total. The molecule has 0 radical (unpaired) electrons. The highest BCUT2D eigenvalue weighted by molar-refractivity contribution is 5.90. The molecule has 0 spiro atoms. The number of carbonyl (C=O) groups is 2. The summed E-state index contributed by atoms with van der Waals surface area (Å²) < 4.78 is 4.94. The molecule has 0 aliphatic heterocycles. The van der Waals surface area contributed by atoms with E-state index in [2.05, 4.69) is 17.6 Å². The van der Waals surface area contributed by atoms with Gasteiger partial charge in [0.15, 0.2) is 0 Å². The fraction of sp³-hybridized carbons (Fsp3) is 0.556. The maximum atomic E-state index is 12.0. The van der Waals surface area contributed by atoms with E-state index in [1.807, 2.05) is 0 Å². The highest BCUT2D eigenvalue weighted by Gasteiger charge is 2.22. The molecule has 2 unspecified atom stereocenters. The number of hydrogen-bond donors (Lipinski definition) is 2. The molecule has 1 aromatic rings. The number of carbonyl (C=O) groups excluding carboxylic acids is 2. The molecule has 1 aliphatic carbocycles. The fourth-order valence-corrected chi connectivity index (χ4v) is 2.91. The number of amides is 1. The van der Waals surface area contributed by atoms with Gasteiger partial charge in [-0.2, -0.15) is 0 Å². The first-order valence-corrected chi connectivity index (χ1v) is 8.40. The molecule has 0 saturated heterocycles. The zero-order valence-corrected chi connectivity index (χ0v) is 13.9. The normalized spacial score (nSPS) is 20.6. The molecule has 126 valence electrons. The zero-order chi connectivity index (χ0) is 16.7. The monoisotopic (exact) mass is 318 g/mol. The minimum atomic E-state index is -0.330. The number of anilines is 1. The van der Waals surface area contributed by atoms with E-state index in [1.165, 1.54) is 19.3 Å². The summed E-state index contributed by atoms with van der Waals surface area (Å²) in [6.45, 7) is 4.58. The lowest BCUT2D eigenvalue weighted by Crippen LogP contribution is -2.43. The predicted molar refractivity (Wildman–Crippen MR) is 90.5 cm³/mol. The molecule has 0 bridgehead atoms. The highest BCUT2D eigenvalue weighted by atomic mass is 16.5. The van der Waals surface area contributed by atoms with Crippen molar-refractivity contribution in [3.05, 3.63) is 29.8 Å². The van der Waals surface area contributed by atoms with Gasteiger partial charge in [0.05, 0.1) is 18.7 Å². The molecule has 1 fully saturated rings. The second kappa shape index (κ2) is 8.56. The number of nitrogens with one attached hydrogen (secondary N) is 2. The zero-order valence-electron chi connectivity index (χ0n) is 13.9. The van der Waals surface area contributed by atoms with Crippen LogP contribution in [0.4, 0.5) is 5.69 Å². The van der Waals surface area contributed by atoms with Crippen molar-refractivity contribution in [2.75, 3.05) is 18.5 Å². The van der Waals surface area contributed by atoms with E-state index in [9.17, 15) is 9.59 Å². The Morgan fingerprint density at radius 2 is 1.87 bits per heavy atom. The maximum Gasteiger partial charge on any atom is 0.338 e. The van der Waals surface area contributed by atoms with Crippen LogP contribution in [0.2, 0.25) is 0 Å². The largest absolute Gasteiger partial charge is 0.462 e. The Bertz CT molecular complexity index is 528. The van der Waals surface area contributed by atoms with Crippen LogP contribution in [-0.4, -0.2) is 31.1 Å². The molecule has 2 rings (SSSR count). The van der Waals surface area contributed by atoms with Gasteiger partial charge >= 0.3 is 5.97 Å². The van der Waals surface area contributed by atoms with Gasteiger partial charge in [0.2, 0.25) is 5.91 Å². The van der Waals surface area contributed by atoms with Gasteiger partial charge in [0.1, 0.15) is 0 Å². The minimum Gasteiger partial charge on any atom is -0.462 e. The first-order valence-electron chi connectivity index (χ1n) is 8.40. The van der Waals surface area contributed by atoms with E-state index in [1.54, 1.807) is 31.2 Å². The number of hydrogen-bond acceptors (Lipinski definition) is 4. The molecule has 1 aliphatic rings. The molecule has 1 aromatic carbocycles. The molecule has 5 heteroatoms. The summed E-state index contributed by atoms with van der Waals surface area (Å²) >= 11 is 0. The lowest BCUT2D eigenvalue weighted by Gasteiger charge is -2.29. The lowest BCUT2D eigenvalue weighted by molar-refractivity contribution is -0.120. The Morgan fingerprint density at radius 1 is 1.17 bits per heavy atom. The van der Waals surface area contributed by atoms with E-state index in [0.29, 0.717) is 24.1 Å². The summed E-state index contributed by atoms with van der Waals surface area (Å²) in [5, 5.41) is 6.19. The van der Waals surface area contributed by atoms with Crippen molar-refractivity contribution in [2.45, 2.75) is 45.6 Å². The second-order valence-electron chi connectivity index (χ2n) is 6.09. The molecule has 5 nitrogen and oxygen atoms in total. The Kier molecular flexibility index (Phi) is 6.44. The molecule has 23 heavy (non-hydrogen) atoms. The maximum absolute atomic E-state index is 12.0. The van der Waals surface area contributed by atoms with Gasteiger partial charge in [-0.3, -0.25) is 4.79 Å². The van der Waals surface area contributed by atoms with Gasteiger partial charge in [-0.05, 0) is 49.9 Å². The van der Waals surface area contributed by atoms with Gasteiger partial charge in [0.25, 0.3) is 0 Å². The van der Waals surface area contributed by atoms with Gasteiger partial charge in [-0.1, -0.05) is 19.8 Å². The number of rotatable bonds is 6. The summed E-state index contributed by atoms with van der Waals surface area (Å²) in [4.78, 5) is 23.6. The van der Waals surface area contributed by atoms with Crippen LogP contribution in [0.5, 0.6) is 0 Å². The van der Waals surface area contributed by atoms with Crippen molar-refractivity contribution < 1.29 is 14.3 Å². The Hall–Kier alpha value is -2.04. The lowest BCUT2D eigenvalue weighted by atomic mass is 9.86. The predicted octanol–water partition coefficient (Wildman–Crippen LogP) is 2.97. The topological polar surface area (TPSA) is 67.4 Å². The fourth-order valence-electron chi connectivity index (χ4n) is 2.91. The smallest absolute Gasteiger partial charge is 0.338 e. The third kappa shape index (κ3) is 5.27. The van der Waals surface area contributed by atoms with Gasteiger partial charge in [-0.15, -0.1) is 0 Å². The highest BCUT2D eigenvalue weighted by Crippen LogP contribution is 2.23. The van der Waals surface area contributed by atoms with Crippen LogP contribution >= 0.6 is 0 Å². The van der Waals surface area contributed by atoms with E-state index >= 15 is 0 Å². The molecular formula is C18H26N2O3. The number of esters is 1. The van der Waals surface area contributed by atoms with Crippen molar-refractivity contribution in [3.63, 3.8) is 0 Å². The van der Waals surface area contributed by atoms with E-state index in [0.717, 1.165) is 12.1 Å². The van der Waals surface area contributed by atoms with Crippen LogP contribution in [-0.2, 0) is 9.53 Å². The van der Waals surface area contributed by atoms with E-state index < -0.39 is 0 Å². The Morgan fingerprint density at radius 3 is 2.52 bits per heavy atom. The van der Waals surface area contributed by atoms with Crippen molar-refractivity contribution in [1.82, 2.24) is 5.32 Å². The first-order chi connectivity index (χ1) is 11.1. The second-order valence-corrected chi connectivity index (χ2v) is 6.09. The SMILES string of the molecule is CCOC(=O)c1ccc(NCC(=O)NC2CCCCC2C)cc1. The summed E-state index contributed by atoms with van der Waals surface area (Å²) in [5.41, 5.74) is 1.32. The molecule has 1 amide bonds. The van der Waals surface area contributed by atoms with Crippen LogP contribution in [0.1, 0.15) is 49.9 Å². The third-order valence-corrected chi connectivity index (χ3v) is 4.31. The first kappa shape index (κ1) is 17.3. The van der Waals surface area contributed by atoms with Crippen LogP contribution in [0.3, 0.4) is 0 Å². The van der Waals surface area contributed by atoms with Crippen LogP contribution in [0, 0.1) is 5.92 Å². The van der Waals surface area contributed by atoms with Crippen LogP contribution < -0.4 is 10.6 Å². The number of benzene rings is 1. The third-order valence-electron chi connectivity index (χ3n) is 4.31. The molecule has 0 aromatic heterocycles. The quantitative estimate of drug-likeness (QED) is 0.791. The Balaban J connectivity index is 1.78. The number of ether oxygens (including phenoxy) is 1. The Labute approximate surface area is 137 Å². The summed E-state index contributed by atoms with van der Waals surface area (Å²) in [6, 6.07) is 7.25. The molecule has 0 heterocycles. The average molecular weight is 318 g/mol. The van der Waals surface area contributed by atoms with Gasteiger partial charge in [-0.25, -0.2) is 4.79 Å². The summed E-state index contributed by atoms with van der Waals surface area (Å²) in [5.74, 6) is 0.234. The molecular weight excluding hydrogens is 292 g/mol.